The maximum absolute atomic E-state index is 14.0. The summed E-state index contributed by atoms with van der Waals surface area (Å²) >= 11 is 6.28. The van der Waals surface area contributed by atoms with Crippen molar-refractivity contribution in [2.75, 3.05) is 11.9 Å². The fraction of sp³-hybridized carbons (Fsp3) is 0.440. The van der Waals surface area contributed by atoms with E-state index in [0.29, 0.717) is 25.0 Å². The minimum Gasteiger partial charge on any atom is -0.463 e. The van der Waals surface area contributed by atoms with E-state index in [1.54, 1.807) is 6.92 Å². The summed E-state index contributed by atoms with van der Waals surface area (Å²) in [6.07, 6.45) is 1.27. The number of rotatable bonds is 6. The number of anilines is 1. The summed E-state index contributed by atoms with van der Waals surface area (Å²) in [5.74, 6) is -7.03. The Morgan fingerprint density at radius 3 is 2.22 bits per heavy atom. The fourth-order valence-electron chi connectivity index (χ4n) is 5.63. The van der Waals surface area contributed by atoms with Crippen LogP contribution in [0.25, 0.3) is 0 Å². The van der Waals surface area contributed by atoms with Gasteiger partial charge in [0.05, 0.1) is 20.3 Å². The molecule has 37 heavy (non-hydrogen) atoms. The molecule has 2 bridgehead atoms. The predicted molar refractivity (Wildman–Crippen MR) is 128 cm³/mol. The first-order valence-electron chi connectivity index (χ1n) is 11.5. The van der Waals surface area contributed by atoms with Gasteiger partial charge in [0, 0.05) is 30.3 Å². The monoisotopic (exact) mass is 559 g/mol. The second kappa shape index (κ2) is 9.59. The SMILES string of the molecule is CC(=O)OCC1(O)CC2CC[C@@H](C1)C2(C)S(=O)(=O)c1cc(C(=O)Nc2cc(F)c(F)c(F)c2)ccc1Cl. The van der Waals surface area contributed by atoms with E-state index in [1.807, 2.05) is 0 Å². The molecule has 2 fully saturated rings. The molecule has 1 amide bonds. The van der Waals surface area contributed by atoms with Crippen LogP contribution in [0.1, 0.15) is 49.9 Å². The highest BCUT2D eigenvalue weighted by molar-refractivity contribution is 7.93. The van der Waals surface area contributed by atoms with Gasteiger partial charge in [-0.05, 0) is 62.6 Å². The first kappa shape index (κ1) is 27.4. The number of halogens is 4. The highest BCUT2D eigenvalue weighted by Gasteiger charge is 2.62. The van der Waals surface area contributed by atoms with E-state index in [9.17, 15) is 36.3 Å². The molecular weight excluding hydrogens is 535 g/mol. The Labute approximate surface area is 216 Å². The first-order valence-corrected chi connectivity index (χ1v) is 13.4. The van der Waals surface area contributed by atoms with E-state index in [4.69, 9.17) is 16.3 Å². The van der Waals surface area contributed by atoms with Crippen LogP contribution in [0.4, 0.5) is 18.9 Å². The van der Waals surface area contributed by atoms with Crippen molar-refractivity contribution in [1.82, 2.24) is 0 Å². The molecule has 2 aromatic rings. The normalized spacial score (nSPS) is 27.1. The summed E-state index contributed by atoms with van der Waals surface area (Å²) in [6.45, 7) is 2.60. The molecule has 0 aromatic heterocycles. The van der Waals surface area contributed by atoms with Gasteiger partial charge in [-0.15, -0.1) is 0 Å². The number of esters is 1. The van der Waals surface area contributed by atoms with Crippen LogP contribution in [0.2, 0.25) is 5.02 Å². The summed E-state index contributed by atoms with van der Waals surface area (Å²) in [7, 11) is -4.16. The van der Waals surface area contributed by atoms with Crippen LogP contribution in [0.3, 0.4) is 0 Å². The Balaban J connectivity index is 1.64. The fourth-order valence-corrected chi connectivity index (χ4v) is 8.41. The van der Waals surface area contributed by atoms with Gasteiger partial charge in [-0.25, -0.2) is 21.6 Å². The van der Waals surface area contributed by atoms with Crippen LogP contribution in [0.15, 0.2) is 35.2 Å². The van der Waals surface area contributed by atoms with Crippen LogP contribution < -0.4 is 5.32 Å². The number of nitrogens with one attached hydrogen (secondary N) is 1. The molecule has 2 aromatic carbocycles. The van der Waals surface area contributed by atoms with Crippen molar-refractivity contribution < 1.29 is 41.0 Å². The van der Waals surface area contributed by atoms with E-state index in [-0.39, 0.29) is 40.6 Å². The number of aliphatic hydroxyl groups is 1. The third kappa shape index (κ3) is 4.84. The summed E-state index contributed by atoms with van der Waals surface area (Å²) in [5, 5.41) is 13.1. The molecule has 3 unspecified atom stereocenters. The summed E-state index contributed by atoms with van der Waals surface area (Å²) in [5.41, 5.74) is -1.85. The Morgan fingerprint density at radius 1 is 1.11 bits per heavy atom. The second-order valence-corrected chi connectivity index (χ2v) is 12.7. The minimum atomic E-state index is -4.16. The lowest BCUT2D eigenvalue weighted by Gasteiger charge is -2.47. The molecule has 2 aliphatic rings. The number of sulfone groups is 1. The molecule has 4 rings (SSSR count). The number of ether oxygens (including phenoxy) is 1. The zero-order valence-corrected chi connectivity index (χ0v) is 21.6. The summed E-state index contributed by atoms with van der Waals surface area (Å²) < 4.78 is 72.0. The maximum Gasteiger partial charge on any atom is 0.302 e. The van der Waals surface area contributed by atoms with E-state index in [0.717, 1.165) is 6.07 Å². The van der Waals surface area contributed by atoms with Crippen molar-refractivity contribution in [3.05, 3.63) is 58.4 Å². The van der Waals surface area contributed by atoms with Crippen LogP contribution in [0.5, 0.6) is 0 Å². The highest BCUT2D eigenvalue weighted by atomic mass is 35.5. The van der Waals surface area contributed by atoms with Crippen LogP contribution >= 0.6 is 11.6 Å². The zero-order valence-electron chi connectivity index (χ0n) is 20.0. The Bertz CT molecular complexity index is 1350. The first-order chi connectivity index (χ1) is 17.2. The zero-order chi connectivity index (χ0) is 27.3. The minimum absolute atomic E-state index is 0.103. The largest absolute Gasteiger partial charge is 0.463 e. The van der Waals surface area contributed by atoms with E-state index in [1.165, 1.54) is 19.1 Å². The van der Waals surface area contributed by atoms with E-state index in [2.05, 4.69) is 5.32 Å². The molecule has 2 aliphatic carbocycles. The van der Waals surface area contributed by atoms with E-state index < -0.39 is 61.3 Å². The molecule has 2 saturated carbocycles. The van der Waals surface area contributed by atoms with E-state index >= 15 is 0 Å². The molecule has 200 valence electrons. The molecule has 7 nitrogen and oxygen atoms in total. The number of benzene rings is 2. The van der Waals surface area contributed by atoms with Crippen LogP contribution in [-0.4, -0.2) is 42.4 Å². The smallest absolute Gasteiger partial charge is 0.302 e. The van der Waals surface area contributed by atoms with Gasteiger partial charge in [-0.1, -0.05) is 11.6 Å². The van der Waals surface area contributed by atoms with Crippen molar-refractivity contribution in [2.45, 2.75) is 54.8 Å². The topological polar surface area (TPSA) is 110 Å². The molecule has 4 atom stereocenters. The third-order valence-electron chi connectivity index (χ3n) is 7.59. The van der Waals surface area contributed by atoms with Gasteiger partial charge in [0.1, 0.15) is 6.61 Å². The van der Waals surface area contributed by atoms with Crippen molar-refractivity contribution >= 4 is 39.0 Å². The van der Waals surface area contributed by atoms with Crippen molar-refractivity contribution in [1.29, 1.82) is 0 Å². The summed E-state index contributed by atoms with van der Waals surface area (Å²) in [6, 6.07) is 4.78. The lowest BCUT2D eigenvalue weighted by molar-refractivity contribution is -0.153. The predicted octanol–water partition coefficient (Wildman–Crippen LogP) is 4.66. The lowest BCUT2D eigenvalue weighted by atomic mass is 9.71. The maximum atomic E-state index is 14.0. The number of amides is 1. The molecule has 0 aliphatic heterocycles. The molecule has 0 heterocycles. The summed E-state index contributed by atoms with van der Waals surface area (Å²) in [4.78, 5) is 23.7. The molecular formula is C25H25ClF3NO6S. The Morgan fingerprint density at radius 2 is 1.68 bits per heavy atom. The molecule has 0 radical (unpaired) electrons. The van der Waals surface area contributed by atoms with Crippen LogP contribution in [0, 0.1) is 29.3 Å². The quantitative estimate of drug-likeness (QED) is 0.394. The number of carbonyl (C=O) groups is 2. The standard InChI is InChI=1S/C25H25ClF3NO6S/c1-13(31)36-12-25(33)10-15-4-5-16(11-25)24(15,2)37(34,35)21-7-14(3-6-18(21)26)23(32)30-17-8-19(27)22(29)20(28)9-17/h3,6-9,15-16,33H,4-5,10-12H2,1-2H3,(H,30,32)/t15-,16?,24?,25?/m0/s1. The molecule has 0 spiro atoms. The Hall–Kier alpha value is -2.63. The Kier molecular flexibility index (Phi) is 7.11. The van der Waals surface area contributed by atoms with Gasteiger partial charge < -0.3 is 15.2 Å². The van der Waals surface area contributed by atoms with Crippen molar-refractivity contribution in [3.63, 3.8) is 0 Å². The molecule has 12 heteroatoms. The second-order valence-electron chi connectivity index (χ2n) is 9.92. The van der Waals surface area contributed by atoms with Gasteiger partial charge in [0.2, 0.25) is 0 Å². The lowest BCUT2D eigenvalue weighted by Crippen LogP contribution is -2.55. The van der Waals surface area contributed by atoms with Gasteiger partial charge in [-0.3, -0.25) is 9.59 Å². The average molecular weight is 560 g/mol. The molecule has 2 N–H and O–H groups in total. The van der Waals surface area contributed by atoms with Gasteiger partial charge in [0.25, 0.3) is 5.91 Å². The van der Waals surface area contributed by atoms with Gasteiger partial charge in [0.15, 0.2) is 27.3 Å². The number of fused-ring (bicyclic) bond motifs is 2. The molecule has 0 saturated heterocycles. The van der Waals surface area contributed by atoms with Gasteiger partial charge >= 0.3 is 5.97 Å². The van der Waals surface area contributed by atoms with Crippen molar-refractivity contribution in [2.24, 2.45) is 11.8 Å². The highest BCUT2D eigenvalue weighted by Crippen LogP contribution is 2.58. The number of hydrogen-bond donors (Lipinski definition) is 2. The third-order valence-corrected chi connectivity index (χ3v) is 10.8. The van der Waals surface area contributed by atoms with Gasteiger partial charge in [-0.2, -0.15) is 0 Å². The average Bonchev–Trinajstić information content (AvgIpc) is 3.00. The number of carbonyl (C=O) groups excluding carboxylic acids is 2. The van der Waals surface area contributed by atoms with Crippen LogP contribution in [-0.2, 0) is 19.4 Å². The van der Waals surface area contributed by atoms with Crippen molar-refractivity contribution in [3.8, 4) is 0 Å². The number of hydrogen-bond acceptors (Lipinski definition) is 6.